The van der Waals surface area contributed by atoms with Crippen LogP contribution in [0.3, 0.4) is 0 Å². The van der Waals surface area contributed by atoms with Crippen molar-refractivity contribution >= 4 is 11.7 Å². The first-order valence-electron chi connectivity index (χ1n) is 8.61. The molecule has 0 unspecified atom stereocenters. The van der Waals surface area contributed by atoms with E-state index in [2.05, 4.69) is 18.2 Å². The Balaban J connectivity index is 2.22. The summed E-state index contributed by atoms with van der Waals surface area (Å²) < 4.78 is 5.61. The lowest BCUT2D eigenvalue weighted by Crippen LogP contribution is -2.37. The van der Waals surface area contributed by atoms with E-state index in [4.69, 9.17) is 4.74 Å². The van der Waals surface area contributed by atoms with Crippen molar-refractivity contribution in [1.29, 1.82) is 0 Å². The maximum absolute atomic E-state index is 12.7. The average Bonchev–Trinajstić information content (AvgIpc) is 2.58. The van der Waals surface area contributed by atoms with Crippen LogP contribution in [0.15, 0.2) is 66.7 Å². The zero-order valence-corrected chi connectivity index (χ0v) is 15.5. The van der Waals surface area contributed by atoms with E-state index in [1.165, 1.54) is 0 Å². The third-order valence-electron chi connectivity index (χ3n) is 3.72. The predicted molar refractivity (Wildman–Crippen MR) is 103 cm³/mol. The van der Waals surface area contributed by atoms with Gasteiger partial charge in [0.2, 0.25) is 0 Å². The molecule has 0 spiro atoms. The molecule has 2 rings (SSSR count). The van der Waals surface area contributed by atoms with Crippen LogP contribution in [0.1, 0.15) is 38.8 Å². The Kier molecular flexibility index (Phi) is 6.40. The maximum Gasteiger partial charge on any atom is 0.410 e. The molecule has 0 radical (unpaired) electrons. The van der Waals surface area contributed by atoms with Crippen molar-refractivity contribution in [2.45, 2.75) is 39.8 Å². The fourth-order valence-corrected chi connectivity index (χ4v) is 2.52. The molecule has 132 valence electrons. The smallest absolute Gasteiger partial charge is 0.410 e. The molecule has 0 aliphatic carbocycles. The number of ether oxygens (including phenoxy) is 1. The molecule has 2 aromatic rings. The Morgan fingerprint density at radius 2 is 1.56 bits per heavy atom. The highest BCUT2D eigenvalue weighted by atomic mass is 16.6. The van der Waals surface area contributed by atoms with E-state index in [-0.39, 0.29) is 6.09 Å². The standard InChI is InChI=1S/C22H27NO2/c1-5-19(20-14-10-7-11-15-20)17-23(21(24)25-22(2,3)4)16-18-12-8-6-9-13-18/h5-15H,16-17H2,1-4H3/b19-5+. The zero-order valence-electron chi connectivity index (χ0n) is 15.5. The van der Waals surface area contributed by atoms with Crippen LogP contribution in [0.4, 0.5) is 4.79 Å². The van der Waals surface area contributed by atoms with Crippen molar-refractivity contribution in [2.24, 2.45) is 0 Å². The van der Waals surface area contributed by atoms with Crippen LogP contribution in [0.5, 0.6) is 0 Å². The van der Waals surface area contributed by atoms with Crippen molar-refractivity contribution in [3.63, 3.8) is 0 Å². The minimum atomic E-state index is -0.519. The summed E-state index contributed by atoms with van der Waals surface area (Å²) >= 11 is 0. The fraction of sp³-hybridized carbons (Fsp3) is 0.318. The van der Waals surface area contributed by atoms with Gasteiger partial charge >= 0.3 is 6.09 Å². The number of hydrogen-bond donors (Lipinski definition) is 0. The van der Waals surface area contributed by atoms with E-state index in [1.807, 2.05) is 76.2 Å². The molecule has 2 aromatic carbocycles. The van der Waals surface area contributed by atoms with Gasteiger partial charge in [0.25, 0.3) is 0 Å². The summed E-state index contributed by atoms with van der Waals surface area (Å²) in [5.41, 5.74) is 2.78. The fourth-order valence-electron chi connectivity index (χ4n) is 2.52. The number of amides is 1. The van der Waals surface area contributed by atoms with Crippen molar-refractivity contribution in [1.82, 2.24) is 4.90 Å². The molecule has 0 saturated carbocycles. The largest absolute Gasteiger partial charge is 0.444 e. The molecule has 0 N–H and O–H groups in total. The van der Waals surface area contributed by atoms with Gasteiger partial charge in [-0.25, -0.2) is 4.79 Å². The number of carbonyl (C=O) groups is 1. The molecule has 3 heteroatoms. The monoisotopic (exact) mass is 337 g/mol. The number of allylic oxidation sites excluding steroid dienone is 1. The van der Waals surface area contributed by atoms with Crippen molar-refractivity contribution in [3.8, 4) is 0 Å². The summed E-state index contributed by atoms with van der Waals surface area (Å²) in [6.07, 6.45) is 1.75. The highest BCUT2D eigenvalue weighted by Gasteiger charge is 2.23. The normalized spacial score (nSPS) is 11.9. The summed E-state index contributed by atoms with van der Waals surface area (Å²) in [6.45, 7) is 8.68. The molecule has 0 heterocycles. The summed E-state index contributed by atoms with van der Waals surface area (Å²) in [6, 6.07) is 20.1. The second kappa shape index (κ2) is 8.52. The molecule has 1 amide bonds. The molecule has 3 nitrogen and oxygen atoms in total. The van der Waals surface area contributed by atoms with Gasteiger partial charge < -0.3 is 4.74 Å². The minimum Gasteiger partial charge on any atom is -0.444 e. The Morgan fingerprint density at radius 1 is 1.00 bits per heavy atom. The Labute approximate surface area is 150 Å². The molecule has 0 bridgehead atoms. The molecule has 0 saturated heterocycles. The Morgan fingerprint density at radius 3 is 2.08 bits per heavy atom. The number of benzene rings is 2. The Hall–Kier alpha value is -2.55. The summed E-state index contributed by atoms with van der Waals surface area (Å²) in [7, 11) is 0. The van der Waals surface area contributed by atoms with Gasteiger partial charge in [-0.2, -0.15) is 0 Å². The van der Waals surface area contributed by atoms with Crippen LogP contribution in [0, 0.1) is 0 Å². The topological polar surface area (TPSA) is 29.5 Å². The van der Waals surface area contributed by atoms with E-state index in [9.17, 15) is 4.79 Å². The second-order valence-corrected chi connectivity index (χ2v) is 7.00. The molecule has 0 atom stereocenters. The number of hydrogen-bond acceptors (Lipinski definition) is 2. The molecule has 0 aromatic heterocycles. The van der Waals surface area contributed by atoms with Crippen LogP contribution in [-0.4, -0.2) is 23.1 Å². The summed E-state index contributed by atoms with van der Waals surface area (Å²) in [4.78, 5) is 14.5. The number of carbonyl (C=O) groups excluding carboxylic acids is 1. The first-order chi connectivity index (χ1) is 11.9. The van der Waals surface area contributed by atoms with Gasteiger partial charge in [0.15, 0.2) is 0 Å². The van der Waals surface area contributed by atoms with Gasteiger partial charge in [-0.3, -0.25) is 4.90 Å². The lowest BCUT2D eigenvalue weighted by Gasteiger charge is -2.28. The molecule has 0 aliphatic rings. The van der Waals surface area contributed by atoms with E-state index in [0.29, 0.717) is 13.1 Å². The van der Waals surface area contributed by atoms with Crippen LogP contribution in [-0.2, 0) is 11.3 Å². The second-order valence-electron chi connectivity index (χ2n) is 7.00. The SMILES string of the molecule is C/C=C(\CN(Cc1ccccc1)C(=O)OC(C)(C)C)c1ccccc1. The van der Waals surface area contributed by atoms with Crippen LogP contribution in [0.2, 0.25) is 0 Å². The van der Waals surface area contributed by atoms with E-state index < -0.39 is 5.60 Å². The van der Waals surface area contributed by atoms with Gasteiger partial charge in [-0.1, -0.05) is 66.7 Å². The van der Waals surface area contributed by atoms with E-state index in [0.717, 1.165) is 16.7 Å². The zero-order chi connectivity index (χ0) is 18.3. The van der Waals surface area contributed by atoms with Crippen LogP contribution in [0.25, 0.3) is 5.57 Å². The lowest BCUT2D eigenvalue weighted by molar-refractivity contribution is 0.0260. The Bertz CT molecular complexity index is 700. The third-order valence-corrected chi connectivity index (χ3v) is 3.72. The van der Waals surface area contributed by atoms with Crippen molar-refractivity contribution in [3.05, 3.63) is 77.9 Å². The van der Waals surface area contributed by atoms with Crippen LogP contribution < -0.4 is 0 Å². The molecule has 0 fully saturated rings. The molecule has 25 heavy (non-hydrogen) atoms. The lowest BCUT2D eigenvalue weighted by atomic mass is 10.1. The first-order valence-corrected chi connectivity index (χ1v) is 8.61. The molecule has 0 aliphatic heterocycles. The van der Waals surface area contributed by atoms with Gasteiger partial charge in [-0.15, -0.1) is 0 Å². The van der Waals surface area contributed by atoms with E-state index >= 15 is 0 Å². The van der Waals surface area contributed by atoms with Gasteiger partial charge in [0.1, 0.15) is 5.60 Å². The highest BCUT2D eigenvalue weighted by Crippen LogP contribution is 2.19. The minimum absolute atomic E-state index is 0.299. The van der Waals surface area contributed by atoms with Crippen molar-refractivity contribution in [2.75, 3.05) is 6.54 Å². The highest BCUT2D eigenvalue weighted by molar-refractivity contribution is 5.74. The number of rotatable bonds is 5. The van der Waals surface area contributed by atoms with Gasteiger partial charge in [0, 0.05) is 13.1 Å². The average molecular weight is 337 g/mol. The summed E-state index contributed by atoms with van der Waals surface area (Å²) in [5.74, 6) is 0. The maximum atomic E-state index is 12.7. The molecular weight excluding hydrogens is 310 g/mol. The van der Waals surface area contributed by atoms with Crippen molar-refractivity contribution < 1.29 is 9.53 Å². The third kappa shape index (κ3) is 6.11. The molecular formula is C22H27NO2. The first kappa shape index (κ1) is 18.8. The van der Waals surface area contributed by atoms with Gasteiger partial charge in [0.05, 0.1) is 0 Å². The number of nitrogens with zero attached hydrogens (tertiary/aromatic N) is 1. The van der Waals surface area contributed by atoms with Crippen LogP contribution >= 0.6 is 0 Å². The van der Waals surface area contributed by atoms with Gasteiger partial charge in [-0.05, 0) is 44.4 Å². The van der Waals surface area contributed by atoms with E-state index in [1.54, 1.807) is 4.90 Å². The quantitative estimate of drug-likeness (QED) is 0.718. The predicted octanol–water partition coefficient (Wildman–Crippen LogP) is 5.53. The summed E-state index contributed by atoms with van der Waals surface area (Å²) in [5, 5.41) is 0.